The summed E-state index contributed by atoms with van der Waals surface area (Å²) in [7, 11) is 2.13. The Morgan fingerprint density at radius 1 is 1.14 bits per heavy atom. The molecule has 28 heavy (non-hydrogen) atoms. The highest BCUT2D eigenvalue weighted by atomic mass is 16.5. The number of ether oxygens (including phenoxy) is 1. The summed E-state index contributed by atoms with van der Waals surface area (Å²) in [4.78, 5) is 32.5. The van der Waals surface area contributed by atoms with Crippen LogP contribution in [0.25, 0.3) is 0 Å². The second-order valence-electron chi connectivity index (χ2n) is 6.96. The standard InChI is InChI=1S/C21H26N4O3/c1-16(26)18-4-3-5-19(12-18)28-15-21(27)23-14-17-6-7-20(22-13-17)25-10-8-24(2)9-11-25/h3-7,12-13H,8-11,14-15H2,1-2H3,(H,23,27). The number of ketones is 1. The summed E-state index contributed by atoms with van der Waals surface area (Å²) in [6.07, 6.45) is 1.80. The lowest BCUT2D eigenvalue weighted by Gasteiger charge is -2.33. The van der Waals surface area contributed by atoms with Crippen LogP contribution >= 0.6 is 0 Å². The third-order valence-corrected chi connectivity index (χ3v) is 4.74. The molecule has 0 bridgehead atoms. The Kier molecular flexibility index (Phi) is 6.60. The van der Waals surface area contributed by atoms with E-state index in [1.165, 1.54) is 6.92 Å². The number of carbonyl (C=O) groups is 2. The van der Waals surface area contributed by atoms with Crippen molar-refractivity contribution in [1.82, 2.24) is 15.2 Å². The van der Waals surface area contributed by atoms with Gasteiger partial charge in [0.2, 0.25) is 0 Å². The first kappa shape index (κ1) is 19.8. The zero-order valence-electron chi connectivity index (χ0n) is 16.4. The SMILES string of the molecule is CC(=O)c1cccc(OCC(=O)NCc2ccc(N3CCN(C)CC3)nc2)c1. The van der Waals surface area contributed by atoms with Crippen LogP contribution in [0.15, 0.2) is 42.6 Å². The molecule has 0 spiro atoms. The van der Waals surface area contributed by atoms with Gasteiger partial charge in [-0.3, -0.25) is 9.59 Å². The quantitative estimate of drug-likeness (QED) is 0.735. The first-order chi connectivity index (χ1) is 13.5. The van der Waals surface area contributed by atoms with Crippen molar-refractivity contribution < 1.29 is 14.3 Å². The molecule has 1 amide bonds. The van der Waals surface area contributed by atoms with Gasteiger partial charge in [-0.15, -0.1) is 0 Å². The molecule has 0 atom stereocenters. The Balaban J connectivity index is 1.44. The molecular formula is C21H26N4O3. The van der Waals surface area contributed by atoms with E-state index >= 15 is 0 Å². The number of nitrogens with zero attached hydrogens (tertiary/aromatic N) is 3. The van der Waals surface area contributed by atoms with Crippen molar-refractivity contribution in [3.63, 3.8) is 0 Å². The molecule has 3 rings (SSSR count). The van der Waals surface area contributed by atoms with E-state index in [2.05, 4.69) is 27.1 Å². The number of hydrogen-bond donors (Lipinski definition) is 1. The van der Waals surface area contributed by atoms with Crippen molar-refractivity contribution >= 4 is 17.5 Å². The third kappa shape index (κ3) is 5.53. The van der Waals surface area contributed by atoms with Gasteiger partial charge >= 0.3 is 0 Å². The zero-order chi connectivity index (χ0) is 19.9. The maximum Gasteiger partial charge on any atom is 0.258 e. The van der Waals surface area contributed by atoms with E-state index in [-0.39, 0.29) is 18.3 Å². The minimum Gasteiger partial charge on any atom is -0.484 e. The average molecular weight is 382 g/mol. The number of rotatable bonds is 7. The fourth-order valence-electron chi connectivity index (χ4n) is 2.95. The Morgan fingerprint density at radius 2 is 1.93 bits per heavy atom. The predicted octanol–water partition coefficient (Wildman–Crippen LogP) is 1.73. The predicted molar refractivity (Wildman–Crippen MR) is 108 cm³/mol. The smallest absolute Gasteiger partial charge is 0.258 e. The second-order valence-corrected chi connectivity index (χ2v) is 6.96. The Morgan fingerprint density at radius 3 is 2.61 bits per heavy atom. The fraction of sp³-hybridized carbons (Fsp3) is 0.381. The molecule has 1 aromatic carbocycles. The molecule has 0 unspecified atom stereocenters. The maximum atomic E-state index is 12.0. The number of piperazine rings is 1. The van der Waals surface area contributed by atoms with Gasteiger partial charge < -0.3 is 19.9 Å². The van der Waals surface area contributed by atoms with Crippen molar-refractivity contribution in [1.29, 1.82) is 0 Å². The number of hydrogen-bond acceptors (Lipinski definition) is 6. The highest BCUT2D eigenvalue weighted by Crippen LogP contribution is 2.14. The maximum absolute atomic E-state index is 12.0. The minimum absolute atomic E-state index is 0.0394. The summed E-state index contributed by atoms with van der Waals surface area (Å²) >= 11 is 0. The number of pyridine rings is 1. The molecule has 7 nitrogen and oxygen atoms in total. The van der Waals surface area contributed by atoms with Gasteiger partial charge in [0.15, 0.2) is 12.4 Å². The molecule has 1 N–H and O–H groups in total. The largest absolute Gasteiger partial charge is 0.484 e. The fourth-order valence-corrected chi connectivity index (χ4v) is 2.95. The molecular weight excluding hydrogens is 356 g/mol. The van der Waals surface area contributed by atoms with Crippen LogP contribution < -0.4 is 15.0 Å². The van der Waals surface area contributed by atoms with Crippen LogP contribution in [0.5, 0.6) is 5.75 Å². The van der Waals surface area contributed by atoms with Crippen LogP contribution in [0.4, 0.5) is 5.82 Å². The Hall–Kier alpha value is -2.93. The van der Waals surface area contributed by atoms with E-state index in [1.54, 1.807) is 30.5 Å². The number of anilines is 1. The summed E-state index contributed by atoms with van der Waals surface area (Å²) in [6.45, 7) is 5.81. The number of Topliss-reactive ketones (excluding diaryl/α,β-unsaturated/α-hetero) is 1. The first-order valence-corrected chi connectivity index (χ1v) is 9.40. The molecule has 2 heterocycles. The molecule has 0 saturated carbocycles. The van der Waals surface area contributed by atoms with Crippen molar-refractivity contribution in [3.05, 3.63) is 53.7 Å². The molecule has 0 radical (unpaired) electrons. The summed E-state index contributed by atoms with van der Waals surface area (Å²) in [5.41, 5.74) is 1.49. The number of likely N-dealkylation sites (N-methyl/N-ethyl adjacent to an activating group) is 1. The van der Waals surface area contributed by atoms with E-state index < -0.39 is 0 Å². The van der Waals surface area contributed by atoms with Gasteiger partial charge in [-0.25, -0.2) is 4.98 Å². The highest BCUT2D eigenvalue weighted by Gasteiger charge is 2.15. The lowest BCUT2D eigenvalue weighted by molar-refractivity contribution is -0.123. The van der Waals surface area contributed by atoms with Crippen LogP contribution in [-0.4, -0.2) is 61.4 Å². The molecule has 1 saturated heterocycles. The third-order valence-electron chi connectivity index (χ3n) is 4.74. The van der Waals surface area contributed by atoms with Crippen molar-refractivity contribution in [2.24, 2.45) is 0 Å². The van der Waals surface area contributed by atoms with Crippen LogP contribution in [0.2, 0.25) is 0 Å². The Bertz CT molecular complexity index is 815. The number of carbonyl (C=O) groups excluding carboxylic acids is 2. The monoisotopic (exact) mass is 382 g/mol. The van der Waals surface area contributed by atoms with E-state index in [1.807, 2.05) is 12.1 Å². The molecule has 2 aromatic rings. The van der Waals surface area contributed by atoms with Crippen LogP contribution in [0, 0.1) is 0 Å². The normalized spacial score (nSPS) is 14.6. The van der Waals surface area contributed by atoms with E-state index in [4.69, 9.17) is 4.74 Å². The second kappa shape index (κ2) is 9.32. The van der Waals surface area contributed by atoms with E-state index in [0.29, 0.717) is 17.9 Å². The first-order valence-electron chi connectivity index (χ1n) is 9.40. The summed E-state index contributed by atoms with van der Waals surface area (Å²) in [5, 5.41) is 2.82. The molecule has 1 aromatic heterocycles. The number of amides is 1. The molecule has 1 aliphatic heterocycles. The van der Waals surface area contributed by atoms with Gasteiger partial charge in [-0.1, -0.05) is 18.2 Å². The lowest BCUT2D eigenvalue weighted by atomic mass is 10.1. The zero-order valence-corrected chi connectivity index (χ0v) is 16.4. The van der Waals surface area contributed by atoms with Gasteiger partial charge in [-0.2, -0.15) is 0 Å². The van der Waals surface area contributed by atoms with Gasteiger partial charge in [0.25, 0.3) is 5.91 Å². The van der Waals surface area contributed by atoms with Crippen molar-refractivity contribution in [2.75, 3.05) is 44.7 Å². The highest BCUT2D eigenvalue weighted by molar-refractivity contribution is 5.94. The summed E-state index contributed by atoms with van der Waals surface area (Å²) in [6, 6.07) is 10.8. The molecule has 148 valence electrons. The van der Waals surface area contributed by atoms with E-state index in [9.17, 15) is 9.59 Å². The van der Waals surface area contributed by atoms with E-state index in [0.717, 1.165) is 37.6 Å². The summed E-state index contributed by atoms with van der Waals surface area (Å²) in [5.74, 6) is 1.21. The molecule has 1 aliphatic rings. The average Bonchev–Trinajstić information content (AvgIpc) is 2.72. The lowest BCUT2D eigenvalue weighted by Crippen LogP contribution is -2.44. The van der Waals surface area contributed by atoms with Crippen LogP contribution in [0.1, 0.15) is 22.8 Å². The van der Waals surface area contributed by atoms with Gasteiger partial charge in [0, 0.05) is 44.5 Å². The van der Waals surface area contributed by atoms with Gasteiger partial charge in [0.05, 0.1) is 0 Å². The van der Waals surface area contributed by atoms with Gasteiger partial charge in [-0.05, 0) is 37.7 Å². The minimum atomic E-state index is -0.226. The number of aromatic nitrogens is 1. The molecule has 1 fully saturated rings. The molecule has 0 aliphatic carbocycles. The van der Waals surface area contributed by atoms with Gasteiger partial charge in [0.1, 0.15) is 11.6 Å². The molecule has 7 heteroatoms. The Labute approximate surface area is 165 Å². The topological polar surface area (TPSA) is 74.8 Å². The van der Waals surface area contributed by atoms with Crippen molar-refractivity contribution in [2.45, 2.75) is 13.5 Å². The number of benzene rings is 1. The van der Waals surface area contributed by atoms with Crippen molar-refractivity contribution in [3.8, 4) is 5.75 Å². The number of nitrogens with one attached hydrogen (secondary N) is 1. The summed E-state index contributed by atoms with van der Waals surface area (Å²) < 4.78 is 5.46. The van der Waals surface area contributed by atoms with Crippen LogP contribution in [0.3, 0.4) is 0 Å². The van der Waals surface area contributed by atoms with Crippen LogP contribution in [-0.2, 0) is 11.3 Å².